The summed E-state index contributed by atoms with van der Waals surface area (Å²) in [5, 5.41) is 10.4. The minimum absolute atomic E-state index is 0.170. The highest BCUT2D eigenvalue weighted by atomic mass is 32.2. The summed E-state index contributed by atoms with van der Waals surface area (Å²) in [6, 6.07) is 2.28. The molecule has 1 aliphatic carbocycles. The number of halogens is 2. The molecule has 0 heterocycles. The molecule has 2 rings (SSSR count). The molecule has 1 fully saturated rings. The van der Waals surface area contributed by atoms with Gasteiger partial charge in [0.05, 0.1) is 5.60 Å². The van der Waals surface area contributed by atoms with Crippen LogP contribution in [0.25, 0.3) is 0 Å². The quantitative estimate of drug-likeness (QED) is 0.894. The fourth-order valence-electron chi connectivity index (χ4n) is 2.79. The Balaban J connectivity index is 2.11. The summed E-state index contributed by atoms with van der Waals surface area (Å²) in [6.45, 7) is 1.83. The fraction of sp³-hybridized carbons (Fsp3) is 0.571. The van der Waals surface area contributed by atoms with Gasteiger partial charge in [-0.05, 0) is 30.9 Å². The van der Waals surface area contributed by atoms with Crippen LogP contribution < -0.4 is 4.72 Å². The lowest BCUT2D eigenvalue weighted by atomic mass is 9.79. The maximum Gasteiger partial charge on any atom is 0.243 e. The van der Waals surface area contributed by atoms with Gasteiger partial charge in [-0.15, -0.1) is 0 Å². The standard InChI is InChI=1S/C14H19F2NO3S/c1-10-3-2-6-14(18,8-10)9-17-21(19,20)13-5-4-11(15)7-12(13)16/h4-5,7,10,17-18H,2-3,6,8-9H2,1H3. The molecule has 2 atom stereocenters. The maximum atomic E-state index is 13.5. The van der Waals surface area contributed by atoms with Gasteiger partial charge in [0.2, 0.25) is 10.0 Å². The number of sulfonamides is 1. The Bertz CT molecular complexity index is 621. The third kappa shape index (κ3) is 3.99. The molecule has 1 saturated carbocycles. The van der Waals surface area contributed by atoms with E-state index in [1.54, 1.807) is 0 Å². The molecule has 118 valence electrons. The van der Waals surface area contributed by atoms with Crippen LogP contribution in [-0.2, 0) is 10.0 Å². The van der Waals surface area contributed by atoms with Gasteiger partial charge in [-0.25, -0.2) is 21.9 Å². The highest BCUT2D eigenvalue weighted by Crippen LogP contribution is 2.32. The molecule has 0 saturated heterocycles. The van der Waals surface area contributed by atoms with E-state index in [9.17, 15) is 22.3 Å². The number of aliphatic hydroxyl groups is 1. The fourth-order valence-corrected chi connectivity index (χ4v) is 3.97. The minimum Gasteiger partial charge on any atom is -0.389 e. The SMILES string of the molecule is CC1CCCC(O)(CNS(=O)(=O)c2ccc(F)cc2F)C1. The lowest BCUT2D eigenvalue weighted by Crippen LogP contribution is -2.45. The Kier molecular flexibility index (Phi) is 4.65. The van der Waals surface area contributed by atoms with E-state index in [2.05, 4.69) is 4.72 Å². The zero-order valence-electron chi connectivity index (χ0n) is 11.8. The van der Waals surface area contributed by atoms with E-state index >= 15 is 0 Å². The summed E-state index contributed by atoms with van der Waals surface area (Å²) in [5.41, 5.74) is -1.11. The van der Waals surface area contributed by atoms with Gasteiger partial charge in [0.15, 0.2) is 0 Å². The molecule has 2 unspecified atom stereocenters. The Morgan fingerprint density at radius 3 is 2.76 bits per heavy atom. The van der Waals surface area contributed by atoms with Crippen molar-refractivity contribution >= 4 is 10.0 Å². The average Bonchev–Trinajstić information content (AvgIpc) is 2.36. The Hall–Kier alpha value is -1.05. The van der Waals surface area contributed by atoms with Gasteiger partial charge in [-0.2, -0.15) is 0 Å². The molecule has 0 radical (unpaired) electrons. The summed E-state index contributed by atoms with van der Waals surface area (Å²) in [7, 11) is -4.11. The average molecular weight is 319 g/mol. The predicted molar refractivity (Wildman–Crippen MR) is 74.1 cm³/mol. The van der Waals surface area contributed by atoms with Crippen molar-refractivity contribution in [3.05, 3.63) is 29.8 Å². The van der Waals surface area contributed by atoms with Crippen LogP contribution in [0.5, 0.6) is 0 Å². The van der Waals surface area contributed by atoms with Crippen molar-refractivity contribution in [3.8, 4) is 0 Å². The first kappa shape index (κ1) is 16.3. The first-order valence-corrected chi connectivity index (χ1v) is 8.37. The second-order valence-electron chi connectivity index (χ2n) is 5.83. The molecule has 0 bridgehead atoms. The molecule has 2 N–H and O–H groups in total. The Morgan fingerprint density at radius 1 is 1.43 bits per heavy atom. The highest BCUT2D eigenvalue weighted by molar-refractivity contribution is 7.89. The zero-order valence-corrected chi connectivity index (χ0v) is 12.6. The van der Waals surface area contributed by atoms with Crippen molar-refractivity contribution in [1.29, 1.82) is 0 Å². The van der Waals surface area contributed by atoms with Crippen LogP contribution in [0.2, 0.25) is 0 Å². The van der Waals surface area contributed by atoms with Gasteiger partial charge in [0.25, 0.3) is 0 Å². The molecular weight excluding hydrogens is 300 g/mol. The van der Waals surface area contributed by atoms with Gasteiger partial charge < -0.3 is 5.11 Å². The van der Waals surface area contributed by atoms with E-state index in [0.29, 0.717) is 24.8 Å². The van der Waals surface area contributed by atoms with E-state index in [0.717, 1.165) is 25.0 Å². The first-order valence-electron chi connectivity index (χ1n) is 6.89. The van der Waals surface area contributed by atoms with Crippen LogP contribution in [0.1, 0.15) is 32.6 Å². The summed E-state index contributed by atoms with van der Waals surface area (Å²) in [4.78, 5) is -0.614. The van der Waals surface area contributed by atoms with Crippen molar-refractivity contribution in [1.82, 2.24) is 4.72 Å². The second-order valence-corrected chi connectivity index (χ2v) is 7.56. The molecule has 4 nitrogen and oxygen atoms in total. The highest BCUT2D eigenvalue weighted by Gasteiger charge is 2.34. The van der Waals surface area contributed by atoms with Gasteiger partial charge in [0.1, 0.15) is 16.5 Å². The number of hydrogen-bond donors (Lipinski definition) is 2. The van der Waals surface area contributed by atoms with Gasteiger partial charge in [-0.3, -0.25) is 0 Å². The molecule has 0 aromatic heterocycles. The molecular formula is C14H19F2NO3S. The number of hydrogen-bond acceptors (Lipinski definition) is 3. The monoisotopic (exact) mass is 319 g/mol. The molecule has 1 aliphatic rings. The van der Waals surface area contributed by atoms with E-state index in [4.69, 9.17) is 0 Å². The Labute approximate surface area is 123 Å². The lowest BCUT2D eigenvalue weighted by Gasteiger charge is -2.35. The molecule has 21 heavy (non-hydrogen) atoms. The van der Waals surface area contributed by atoms with E-state index in [1.807, 2.05) is 6.92 Å². The van der Waals surface area contributed by atoms with Crippen LogP contribution in [-0.4, -0.2) is 25.7 Å². The minimum atomic E-state index is -4.11. The van der Waals surface area contributed by atoms with Gasteiger partial charge in [0, 0.05) is 12.6 Å². The molecule has 1 aromatic rings. The number of rotatable bonds is 4. The maximum absolute atomic E-state index is 13.5. The van der Waals surface area contributed by atoms with Crippen LogP contribution in [0.3, 0.4) is 0 Å². The molecule has 0 aliphatic heterocycles. The van der Waals surface area contributed by atoms with Crippen molar-refractivity contribution in [2.24, 2.45) is 5.92 Å². The van der Waals surface area contributed by atoms with Gasteiger partial charge in [-0.1, -0.05) is 19.8 Å². The first-order chi connectivity index (χ1) is 9.72. The molecule has 1 aromatic carbocycles. The third-order valence-electron chi connectivity index (χ3n) is 3.84. The lowest BCUT2D eigenvalue weighted by molar-refractivity contribution is -0.00752. The topological polar surface area (TPSA) is 66.4 Å². The van der Waals surface area contributed by atoms with E-state index < -0.39 is 32.2 Å². The van der Waals surface area contributed by atoms with Crippen molar-refractivity contribution in [2.75, 3.05) is 6.54 Å². The molecule has 7 heteroatoms. The summed E-state index contributed by atoms with van der Waals surface area (Å²) < 4.78 is 52.7. The Morgan fingerprint density at radius 2 is 2.14 bits per heavy atom. The predicted octanol–water partition coefficient (Wildman–Crippen LogP) is 2.18. The van der Waals surface area contributed by atoms with Gasteiger partial charge >= 0.3 is 0 Å². The smallest absolute Gasteiger partial charge is 0.243 e. The summed E-state index contributed by atoms with van der Waals surface area (Å²) in [5.74, 6) is -1.67. The number of benzene rings is 1. The molecule has 0 amide bonds. The number of nitrogens with one attached hydrogen (secondary N) is 1. The third-order valence-corrected chi connectivity index (χ3v) is 5.28. The molecule has 0 spiro atoms. The van der Waals surface area contributed by atoms with E-state index in [-0.39, 0.29) is 6.54 Å². The van der Waals surface area contributed by atoms with Crippen LogP contribution in [0.15, 0.2) is 23.1 Å². The van der Waals surface area contributed by atoms with Crippen molar-refractivity contribution in [3.63, 3.8) is 0 Å². The summed E-state index contributed by atoms with van der Waals surface area (Å²) >= 11 is 0. The van der Waals surface area contributed by atoms with E-state index in [1.165, 1.54) is 0 Å². The van der Waals surface area contributed by atoms with Crippen molar-refractivity contribution < 1.29 is 22.3 Å². The zero-order chi connectivity index (χ0) is 15.7. The normalized spacial score (nSPS) is 26.8. The van der Waals surface area contributed by atoms with Crippen LogP contribution in [0, 0.1) is 17.6 Å². The summed E-state index contributed by atoms with van der Waals surface area (Å²) in [6.07, 6.45) is 2.83. The largest absolute Gasteiger partial charge is 0.389 e. The van der Waals surface area contributed by atoms with Crippen LogP contribution >= 0.6 is 0 Å². The second kappa shape index (κ2) is 5.98. The van der Waals surface area contributed by atoms with Crippen LogP contribution in [0.4, 0.5) is 8.78 Å². The van der Waals surface area contributed by atoms with Crippen molar-refractivity contribution in [2.45, 2.75) is 43.1 Å².